The predicted molar refractivity (Wildman–Crippen MR) is 147 cm³/mol. The van der Waals surface area contributed by atoms with E-state index in [1.807, 2.05) is 48.5 Å². The molecule has 0 saturated heterocycles. The Morgan fingerprint density at radius 3 is 1.62 bits per heavy atom. The van der Waals surface area contributed by atoms with Gasteiger partial charge in [0.25, 0.3) is 0 Å². The van der Waals surface area contributed by atoms with Crippen molar-refractivity contribution in [2.45, 2.75) is 25.7 Å². The Morgan fingerprint density at radius 2 is 1.03 bits per heavy atom. The highest BCUT2D eigenvalue weighted by Crippen LogP contribution is 2.38. The van der Waals surface area contributed by atoms with E-state index in [0.717, 1.165) is 54.2 Å². The molecule has 0 N–H and O–H groups in total. The molecule has 0 aliphatic carbocycles. The van der Waals surface area contributed by atoms with Crippen LogP contribution in [0.2, 0.25) is 0 Å². The van der Waals surface area contributed by atoms with Gasteiger partial charge in [-0.3, -0.25) is 0 Å². The van der Waals surface area contributed by atoms with Gasteiger partial charge in [0.05, 0.1) is 28.4 Å². The lowest BCUT2D eigenvalue weighted by atomic mass is 10.0. The number of rotatable bonds is 12. The van der Waals surface area contributed by atoms with Crippen LogP contribution in [0.5, 0.6) is 34.5 Å². The smallest absolute Gasteiger partial charge is 0.169 e. The number of hydrogen-bond acceptors (Lipinski definition) is 5. The molecule has 0 spiro atoms. The Labute approximate surface area is 219 Å². The fourth-order valence-electron chi connectivity index (χ4n) is 4.25. The lowest BCUT2D eigenvalue weighted by Crippen LogP contribution is -1.99. The summed E-state index contributed by atoms with van der Waals surface area (Å²) in [6.07, 6.45) is 3.56. The first-order valence-corrected chi connectivity index (χ1v) is 12.4. The third-order valence-electron chi connectivity index (χ3n) is 6.40. The highest BCUT2D eigenvalue weighted by Gasteiger charge is 2.14. The molecule has 0 bridgehead atoms. The molecule has 192 valence electrons. The molecule has 4 rings (SSSR count). The zero-order valence-corrected chi connectivity index (χ0v) is 22.0. The summed E-state index contributed by atoms with van der Waals surface area (Å²) in [5, 5.41) is 0. The molecule has 4 aromatic rings. The van der Waals surface area contributed by atoms with Crippen LogP contribution in [0.3, 0.4) is 0 Å². The number of benzene rings is 4. The Kier molecular flexibility index (Phi) is 8.93. The van der Waals surface area contributed by atoms with Crippen LogP contribution >= 0.6 is 0 Å². The SMILES string of the molecule is COc1ccc(CCc2ccc(Oc3cc(CCc4cccc(OC)c4)c(OC)cc3OC)cc2)cc1. The molecule has 0 atom stereocenters. The van der Waals surface area contributed by atoms with E-state index in [4.69, 9.17) is 23.7 Å². The molecule has 0 radical (unpaired) electrons. The molecule has 37 heavy (non-hydrogen) atoms. The van der Waals surface area contributed by atoms with Gasteiger partial charge in [0, 0.05) is 6.07 Å². The van der Waals surface area contributed by atoms with Crippen molar-refractivity contribution in [3.8, 4) is 34.5 Å². The van der Waals surface area contributed by atoms with Gasteiger partial charge in [-0.15, -0.1) is 0 Å². The van der Waals surface area contributed by atoms with Crippen LogP contribution in [-0.2, 0) is 25.7 Å². The van der Waals surface area contributed by atoms with E-state index < -0.39 is 0 Å². The van der Waals surface area contributed by atoms with Gasteiger partial charge >= 0.3 is 0 Å². The standard InChI is InChI=1S/C32H34O5/c1-33-27-16-11-23(12-17-27)8-9-24-13-18-28(19-14-24)37-32-21-26(30(35-3)22-31(32)36-4)15-10-25-6-5-7-29(20-25)34-2/h5-7,11-14,16-22H,8-10,15H2,1-4H3. The minimum atomic E-state index is 0.630. The molecular weight excluding hydrogens is 464 g/mol. The van der Waals surface area contributed by atoms with Crippen LogP contribution in [0, 0.1) is 0 Å². The van der Waals surface area contributed by atoms with Gasteiger partial charge in [-0.1, -0.05) is 36.4 Å². The molecule has 0 amide bonds. The lowest BCUT2D eigenvalue weighted by Gasteiger charge is -2.16. The maximum atomic E-state index is 6.26. The van der Waals surface area contributed by atoms with Crippen molar-refractivity contribution >= 4 is 0 Å². The van der Waals surface area contributed by atoms with Crippen molar-refractivity contribution in [3.05, 3.63) is 107 Å². The predicted octanol–water partition coefficient (Wildman–Crippen LogP) is 7.08. The molecule has 0 fully saturated rings. The summed E-state index contributed by atoms with van der Waals surface area (Å²) in [5.41, 5.74) is 4.79. The third-order valence-corrected chi connectivity index (χ3v) is 6.40. The molecular formula is C32H34O5. The quantitative estimate of drug-likeness (QED) is 0.209. The van der Waals surface area contributed by atoms with E-state index in [2.05, 4.69) is 36.4 Å². The normalized spacial score (nSPS) is 10.6. The third kappa shape index (κ3) is 6.98. The lowest BCUT2D eigenvalue weighted by molar-refractivity contribution is 0.366. The zero-order chi connectivity index (χ0) is 26.0. The van der Waals surface area contributed by atoms with Crippen molar-refractivity contribution in [1.29, 1.82) is 0 Å². The molecule has 0 saturated carbocycles. The average molecular weight is 499 g/mol. The van der Waals surface area contributed by atoms with Crippen LogP contribution in [0.1, 0.15) is 22.3 Å². The van der Waals surface area contributed by atoms with E-state index in [9.17, 15) is 0 Å². The molecule has 0 aliphatic heterocycles. The second-order valence-electron chi connectivity index (χ2n) is 8.76. The Hall–Kier alpha value is -4.12. The Balaban J connectivity index is 1.44. The highest BCUT2D eigenvalue weighted by atomic mass is 16.5. The van der Waals surface area contributed by atoms with Gasteiger partial charge in [-0.2, -0.15) is 0 Å². The first kappa shape index (κ1) is 26.0. The zero-order valence-electron chi connectivity index (χ0n) is 22.0. The van der Waals surface area contributed by atoms with E-state index in [1.165, 1.54) is 16.7 Å². The van der Waals surface area contributed by atoms with Crippen LogP contribution < -0.4 is 23.7 Å². The number of hydrogen-bond donors (Lipinski definition) is 0. The van der Waals surface area contributed by atoms with Gasteiger partial charge in [-0.05, 0) is 90.4 Å². The maximum absolute atomic E-state index is 6.26. The van der Waals surface area contributed by atoms with E-state index in [0.29, 0.717) is 11.5 Å². The Morgan fingerprint density at radius 1 is 0.432 bits per heavy atom. The van der Waals surface area contributed by atoms with Crippen LogP contribution in [-0.4, -0.2) is 28.4 Å². The largest absolute Gasteiger partial charge is 0.497 e. The van der Waals surface area contributed by atoms with Gasteiger partial charge in [0.15, 0.2) is 11.5 Å². The van der Waals surface area contributed by atoms with Gasteiger partial charge in [-0.25, -0.2) is 0 Å². The molecule has 5 nitrogen and oxygen atoms in total. The molecule has 5 heteroatoms. The summed E-state index contributed by atoms with van der Waals surface area (Å²) >= 11 is 0. The summed E-state index contributed by atoms with van der Waals surface area (Å²) in [5.74, 6) is 4.57. The van der Waals surface area contributed by atoms with Crippen molar-refractivity contribution in [1.82, 2.24) is 0 Å². The summed E-state index contributed by atoms with van der Waals surface area (Å²) < 4.78 is 28.1. The number of methoxy groups -OCH3 is 4. The maximum Gasteiger partial charge on any atom is 0.169 e. The van der Waals surface area contributed by atoms with Gasteiger partial charge < -0.3 is 23.7 Å². The number of ether oxygens (including phenoxy) is 5. The molecule has 0 aromatic heterocycles. The molecule has 0 unspecified atom stereocenters. The first-order chi connectivity index (χ1) is 18.1. The van der Waals surface area contributed by atoms with E-state index >= 15 is 0 Å². The number of aryl methyl sites for hydroxylation is 4. The molecule has 4 aromatic carbocycles. The fourth-order valence-corrected chi connectivity index (χ4v) is 4.25. The van der Waals surface area contributed by atoms with Crippen LogP contribution in [0.4, 0.5) is 0 Å². The van der Waals surface area contributed by atoms with Crippen LogP contribution in [0.15, 0.2) is 84.9 Å². The average Bonchev–Trinajstić information content (AvgIpc) is 2.96. The second-order valence-corrected chi connectivity index (χ2v) is 8.76. The monoisotopic (exact) mass is 498 g/mol. The minimum absolute atomic E-state index is 0.630. The van der Waals surface area contributed by atoms with Gasteiger partial charge in [0.1, 0.15) is 23.0 Å². The highest BCUT2D eigenvalue weighted by molar-refractivity contribution is 5.52. The van der Waals surface area contributed by atoms with E-state index in [-0.39, 0.29) is 0 Å². The van der Waals surface area contributed by atoms with E-state index in [1.54, 1.807) is 28.4 Å². The molecule has 0 heterocycles. The minimum Gasteiger partial charge on any atom is -0.497 e. The topological polar surface area (TPSA) is 46.2 Å². The summed E-state index contributed by atoms with van der Waals surface area (Å²) in [7, 11) is 6.68. The molecule has 0 aliphatic rings. The van der Waals surface area contributed by atoms with Crippen molar-refractivity contribution < 1.29 is 23.7 Å². The van der Waals surface area contributed by atoms with Crippen molar-refractivity contribution in [3.63, 3.8) is 0 Å². The second kappa shape index (κ2) is 12.7. The Bertz CT molecular complexity index is 1280. The summed E-state index contributed by atoms with van der Waals surface area (Å²) in [4.78, 5) is 0. The van der Waals surface area contributed by atoms with Crippen molar-refractivity contribution in [2.24, 2.45) is 0 Å². The van der Waals surface area contributed by atoms with Gasteiger partial charge in [0.2, 0.25) is 0 Å². The summed E-state index contributed by atoms with van der Waals surface area (Å²) in [6, 6.07) is 28.5. The first-order valence-electron chi connectivity index (χ1n) is 12.4. The van der Waals surface area contributed by atoms with Crippen LogP contribution in [0.25, 0.3) is 0 Å². The fraction of sp³-hybridized carbons (Fsp3) is 0.250. The summed E-state index contributed by atoms with van der Waals surface area (Å²) in [6.45, 7) is 0. The van der Waals surface area contributed by atoms with Crippen molar-refractivity contribution in [2.75, 3.05) is 28.4 Å².